The highest BCUT2D eigenvalue weighted by molar-refractivity contribution is 7.92. The average molecular weight is 428 g/mol. The summed E-state index contributed by atoms with van der Waals surface area (Å²) in [7, 11) is -1.78. The third kappa shape index (κ3) is 5.00. The van der Waals surface area contributed by atoms with Gasteiger partial charge in [0.1, 0.15) is 5.75 Å². The van der Waals surface area contributed by atoms with Crippen molar-refractivity contribution in [3.8, 4) is 5.75 Å². The van der Waals surface area contributed by atoms with Gasteiger partial charge in [-0.1, -0.05) is 12.1 Å². The van der Waals surface area contributed by atoms with Crippen molar-refractivity contribution in [3.63, 3.8) is 0 Å². The summed E-state index contributed by atoms with van der Waals surface area (Å²) in [6, 6.07) is 10.2. The number of nitrogens with zero attached hydrogens (tertiary/aromatic N) is 2. The molecule has 0 aliphatic carbocycles. The lowest BCUT2D eigenvalue weighted by Gasteiger charge is -2.19. The van der Waals surface area contributed by atoms with Crippen LogP contribution in [0.25, 0.3) is 0 Å². The lowest BCUT2D eigenvalue weighted by atomic mass is 10.1. The molecule has 0 saturated carbocycles. The van der Waals surface area contributed by atoms with Gasteiger partial charge in [-0.25, -0.2) is 8.42 Å². The summed E-state index contributed by atoms with van der Waals surface area (Å²) in [6.45, 7) is 0.533. The fourth-order valence-electron chi connectivity index (χ4n) is 3.21. The zero-order valence-corrected chi connectivity index (χ0v) is 16.5. The first-order valence-corrected chi connectivity index (χ1v) is 10.5. The fraction of sp³-hybridized carbons (Fsp3) is 0.316. The Balaban J connectivity index is 1.70. The molecule has 2 aromatic carbocycles. The quantitative estimate of drug-likeness (QED) is 0.734. The Morgan fingerprint density at radius 2 is 1.83 bits per heavy atom. The highest BCUT2D eigenvalue weighted by atomic mass is 32.2. The molecule has 0 N–H and O–H groups in total. The average Bonchev–Trinajstić information content (AvgIpc) is 3.05. The first-order valence-electron chi connectivity index (χ1n) is 8.65. The minimum atomic E-state index is -4.76. The van der Waals surface area contributed by atoms with Crippen molar-refractivity contribution in [2.75, 3.05) is 24.2 Å². The molecule has 10 heteroatoms. The van der Waals surface area contributed by atoms with E-state index in [4.69, 9.17) is 0 Å². The van der Waals surface area contributed by atoms with Crippen LogP contribution in [-0.2, 0) is 23.0 Å². The Hall–Kier alpha value is -2.75. The molecule has 0 fully saturated rings. The molecular weight excluding hydrogens is 409 g/mol. The second-order valence-electron chi connectivity index (χ2n) is 6.78. The van der Waals surface area contributed by atoms with Crippen molar-refractivity contribution in [2.24, 2.45) is 0 Å². The number of carbonyl (C=O) groups excluding carboxylic acids is 1. The van der Waals surface area contributed by atoms with Crippen LogP contribution in [0, 0.1) is 0 Å². The summed E-state index contributed by atoms with van der Waals surface area (Å²) in [4.78, 5) is 14.1. The molecule has 2 aromatic rings. The number of sulfonamides is 1. The molecule has 1 aliphatic heterocycles. The van der Waals surface area contributed by atoms with Crippen LogP contribution in [0.2, 0.25) is 0 Å². The van der Waals surface area contributed by atoms with Gasteiger partial charge in [0.05, 0.1) is 11.9 Å². The number of fused-ring (bicyclic) bond motifs is 1. The Labute approximate surface area is 166 Å². The van der Waals surface area contributed by atoms with E-state index < -0.39 is 16.4 Å². The third-order valence-corrected chi connectivity index (χ3v) is 5.68. The van der Waals surface area contributed by atoms with Gasteiger partial charge < -0.3 is 9.64 Å². The molecule has 0 bridgehead atoms. The molecule has 6 nitrogen and oxygen atoms in total. The van der Waals surface area contributed by atoms with E-state index in [0.29, 0.717) is 29.8 Å². The Bertz CT molecular complexity index is 1020. The molecule has 0 atom stereocenters. The van der Waals surface area contributed by atoms with Crippen LogP contribution in [0.5, 0.6) is 5.75 Å². The molecule has 156 valence electrons. The number of hydrogen-bond donors (Lipinski definition) is 0. The lowest BCUT2D eigenvalue weighted by molar-refractivity contribution is -0.274. The van der Waals surface area contributed by atoms with Crippen LogP contribution in [0.4, 0.5) is 18.9 Å². The molecule has 29 heavy (non-hydrogen) atoms. The normalized spacial score (nSPS) is 13.9. The number of carbonyl (C=O) groups is 1. The summed E-state index contributed by atoms with van der Waals surface area (Å²) >= 11 is 0. The van der Waals surface area contributed by atoms with Gasteiger partial charge >= 0.3 is 6.36 Å². The van der Waals surface area contributed by atoms with Gasteiger partial charge in [-0.3, -0.25) is 9.10 Å². The number of halogens is 3. The number of amides is 1. The van der Waals surface area contributed by atoms with Crippen LogP contribution in [0.15, 0.2) is 42.5 Å². The molecule has 0 unspecified atom stereocenters. The van der Waals surface area contributed by atoms with Gasteiger partial charge in [0.25, 0.3) is 5.91 Å². The molecule has 0 saturated heterocycles. The molecule has 1 aliphatic rings. The largest absolute Gasteiger partial charge is 0.573 e. The summed E-state index contributed by atoms with van der Waals surface area (Å²) in [5.74, 6) is -0.606. The molecule has 0 spiro atoms. The predicted molar refractivity (Wildman–Crippen MR) is 101 cm³/mol. The van der Waals surface area contributed by atoms with Gasteiger partial charge in [0, 0.05) is 25.7 Å². The van der Waals surface area contributed by atoms with E-state index in [9.17, 15) is 26.4 Å². The van der Waals surface area contributed by atoms with Crippen molar-refractivity contribution in [1.82, 2.24) is 4.90 Å². The van der Waals surface area contributed by atoms with Crippen molar-refractivity contribution < 1.29 is 31.1 Å². The minimum Gasteiger partial charge on any atom is -0.406 e. The van der Waals surface area contributed by atoms with Crippen LogP contribution in [0.3, 0.4) is 0 Å². The standard InChI is InChI=1S/C19H19F3N2O4S/c1-23(12-13-3-6-16(7-4-13)28-19(20,21)22)18(25)15-5-8-17-14(11-15)9-10-24(17)29(2,26)27/h3-8,11H,9-10,12H2,1-2H3. The van der Waals surface area contributed by atoms with Crippen LogP contribution in [-0.4, -0.2) is 45.4 Å². The molecule has 0 radical (unpaired) electrons. The van der Waals surface area contributed by atoms with E-state index in [0.717, 1.165) is 11.8 Å². The maximum atomic E-state index is 12.7. The fourth-order valence-corrected chi connectivity index (χ4v) is 4.17. The Morgan fingerprint density at radius 1 is 1.17 bits per heavy atom. The van der Waals surface area contributed by atoms with E-state index in [1.165, 1.54) is 33.5 Å². The zero-order valence-electron chi connectivity index (χ0n) is 15.7. The zero-order chi connectivity index (χ0) is 21.4. The van der Waals surface area contributed by atoms with Crippen molar-refractivity contribution >= 4 is 21.6 Å². The van der Waals surface area contributed by atoms with Gasteiger partial charge in [-0.05, 0) is 47.9 Å². The van der Waals surface area contributed by atoms with Crippen LogP contribution < -0.4 is 9.04 Å². The SMILES string of the molecule is CN(Cc1ccc(OC(F)(F)F)cc1)C(=O)c1ccc2c(c1)CCN2S(C)(=O)=O. The second kappa shape index (κ2) is 7.58. The highest BCUT2D eigenvalue weighted by Gasteiger charge is 2.31. The monoisotopic (exact) mass is 428 g/mol. The molecule has 1 amide bonds. The van der Waals surface area contributed by atoms with Crippen molar-refractivity contribution in [2.45, 2.75) is 19.3 Å². The first-order chi connectivity index (χ1) is 13.4. The second-order valence-corrected chi connectivity index (χ2v) is 8.69. The predicted octanol–water partition coefficient (Wildman–Crippen LogP) is 3.18. The van der Waals surface area contributed by atoms with E-state index in [1.54, 1.807) is 25.2 Å². The highest BCUT2D eigenvalue weighted by Crippen LogP contribution is 2.31. The number of ether oxygens (including phenoxy) is 1. The first kappa shape index (κ1) is 21.0. The van der Waals surface area contributed by atoms with Crippen LogP contribution in [0.1, 0.15) is 21.5 Å². The minimum absolute atomic E-state index is 0.192. The lowest BCUT2D eigenvalue weighted by Crippen LogP contribution is -2.28. The van der Waals surface area contributed by atoms with Gasteiger partial charge in [-0.2, -0.15) is 0 Å². The summed E-state index contributed by atoms with van der Waals surface area (Å²) < 4.78 is 65.4. The van der Waals surface area contributed by atoms with Crippen LogP contribution >= 0.6 is 0 Å². The Morgan fingerprint density at radius 3 is 2.41 bits per heavy atom. The smallest absolute Gasteiger partial charge is 0.406 e. The molecule has 3 rings (SSSR count). The number of benzene rings is 2. The van der Waals surface area contributed by atoms with E-state index in [1.807, 2.05) is 0 Å². The third-order valence-electron chi connectivity index (χ3n) is 4.50. The molecule has 1 heterocycles. The van der Waals surface area contributed by atoms with Crippen molar-refractivity contribution in [1.29, 1.82) is 0 Å². The van der Waals surface area contributed by atoms with E-state index in [-0.39, 0.29) is 18.2 Å². The van der Waals surface area contributed by atoms with E-state index >= 15 is 0 Å². The summed E-state index contributed by atoms with van der Waals surface area (Å²) in [5, 5.41) is 0. The van der Waals surface area contributed by atoms with Gasteiger partial charge in [-0.15, -0.1) is 13.2 Å². The molecule has 0 aromatic heterocycles. The van der Waals surface area contributed by atoms with Crippen molar-refractivity contribution in [3.05, 3.63) is 59.2 Å². The van der Waals surface area contributed by atoms with Gasteiger partial charge in [0.2, 0.25) is 10.0 Å². The Kier molecular flexibility index (Phi) is 5.48. The summed E-state index contributed by atoms with van der Waals surface area (Å²) in [6.07, 6.45) is -3.09. The number of anilines is 1. The van der Waals surface area contributed by atoms with Gasteiger partial charge in [0.15, 0.2) is 0 Å². The maximum Gasteiger partial charge on any atom is 0.573 e. The number of hydrogen-bond acceptors (Lipinski definition) is 4. The maximum absolute atomic E-state index is 12.7. The molecular formula is C19H19F3N2O4S. The summed E-state index contributed by atoms with van der Waals surface area (Å²) in [5.41, 5.74) is 2.41. The number of alkyl halides is 3. The van der Waals surface area contributed by atoms with E-state index in [2.05, 4.69) is 4.74 Å². The topological polar surface area (TPSA) is 66.9 Å². The number of rotatable bonds is 5.